The number of nitrogens with one attached hydrogen (secondary N) is 2. The molecule has 6 nitrogen and oxygen atoms in total. The summed E-state index contributed by atoms with van der Waals surface area (Å²) >= 11 is 0. The van der Waals surface area contributed by atoms with Crippen molar-refractivity contribution in [3.05, 3.63) is 65.7 Å². The van der Waals surface area contributed by atoms with Gasteiger partial charge in [0.1, 0.15) is 0 Å². The fourth-order valence-electron chi connectivity index (χ4n) is 2.80. The van der Waals surface area contributed by atoms with Crippen LogP contribution in [0, 0.1) is 0 Å². The van der Waals surface area contributed by atoms with Gasteiger partial charge >= 0.3 is 0 Å². The molecule has 0 aliphatic heterocycles. The SMILES string of the molecule is CCNC(=NCc1ccc(S(=O)(=O)N(C)C)cc1)NC(C)CCc1ccccc1.I. The van der Waals surface area contributed by atoms with E-state index in [4.69, 9.17) is 0 Å². The topological polar surface area (TPSA) is 73.8 Å². The Morgan fingerprint density at radius 3 is 2.23 bits per heavy atom. The van der Waals surface area contributed by atoms with E-state index in [-0.39, 0.29) is 34.9 Å². The summed E-state index contributed by atoms with van der Waals surface area (Å²) in [6, 6.07) is 17.6. The molecule has 0 fully saturated rings. The third-order valence-electron chi connectivity index (χ3n) is 4.56. The Hall–Kier alpha value is -1.65. The highest BCUT2D eigenvalue weighted by Crippen LogP contribution is 2.14. The molecule has 0 bridgehead atoms. The van der Waals surface area contributed by atoms with Gasteiger partial charge in [0, 0.05) is 26.7 Å². The molecule has 0 saturated heterocycles. The van der Waals surface area contributed by atoms with Crippen LogP contribution in [-0.4, -0.2) is 45.4 Å². The predicted molar refractivity (Wildman–Crippen MR) is 135 cm³/mol. The molecule has 2 aromatic carbocycles. The van der Waals surface area contributed by atoms with E-state index in [0.29, 0.717) is 6.54 Å². The van der Waals surface area contributed by atoms with Gasteiger partial charge in [0.2, 0.25) is 10.0 Å². The predicted octanol–water partition coefficient (Wildman–Crippen LogP) is 3.63. The maximum atomic E-state index is 12.2. The van der Waals surface area contributed by atoms with Crippen LogP contribution in [0.25, 0.3) is 0 Å². The minimum atomic E-state index is -3.41. The van der Waals surface area contributed by atoms with Crippen LogP contribution in [0.4, 0.5) is 0 Å². The first kappa shape index (κ1) is 26.4. The lowest BCUT2D eigenvalue weighted by Gasteiger charge is -2.18. The van der Waals surface area contributed by atoms with E-state index in [1.165, 1.54) is 24.0 Å². The van der Waals surface area contributed by atoms with Gasteiger partial charge in [-0.2, -0.15) is 0 Å². The van der Waals surface area contributed by atoms with Crippen LogP contribution in [0.5, 0.6) is 0 Å². The van der Waals surface area contributed by atoms with E-state index in [9.17, 15) is 8.42 Å². The van der Waals surface area contributed by atoms with E-state index in [1.54, 1.807) is 12.1 Å². The zero-order valence-electron chi connectivity index (χ0n) is 18.1. The van der Waals surface area contributed by atoms with Crippen LogP contribution >= 0.6 is 24.0 Å². The fraction of sp³-hybridized carbons (Fsp3) is 0.409. The number of sulfonamides is 1. The molecule has 0 aromatic heterocycles. The number of hydrogen-bond donors (Lipinski definition) is 2. The Morgan fingerprint density at radius 1 is 1.03 bits per heavy atom. The first-order valence-corrected chi connectivity index (χ1v) is 11.4. The molecule has 2 aromatic rings. The van der Waals surface area contributed by atoms with Gasteiger partial charge < -0.3 is 10.6 Å². The fourth-order valence-corrected chi connectivity index (χ4v) is 3.70. The van der Waals surface area contributed by atoms with Crippen LogP contribution in [-0.2, 0) is 23.0 Å². The molecule has 0 heterocycles. The molecular formula is C22H33IN4O2S. The third kappa shape index (κ3) is 8.23. The third-order valence-corrected chi connectivity index (χ3v) is 6.39. The summed E-state index contributed by atoms with van der Waals surface area (Å²) < 4.78 is 25.5. The van der Waals surface area contributed by atoms with Crippen LogP contribution in [0.1, 0.15) is 31.4 Å². The molecule has 0 radical (unpaired) electrons. The zero-order valence-corrected chi connectivity index (χ0v) is 21.3. The van der Waals surface area contributed by atoms with Crippen molar-refractivity contribution in [1.82, 2.24) is 14.9 Å². The summed E-state index contributed by atoms with van der Waals surface area (Å²) in [4.78, 5) is 4.93. The second-order valence-electron chi connectivity index (χ2n) is 7.20. The molecule has 0 aliphatic carbocycles. The van der Waals surface area contributed by atoms with E-state index in [2.05, 4.69) is 46.8 Å². The molecule has 166 valence electrons. The van der Waals surface area contributed by atoms with E-state index < -0.39 is 10.0 Å². The molecule has 8 heteroatoms. The van der Waals surface area contributed by atoms with Crippen molar-refractivity contribution in [2.24, 2.45) is 4.99 Å². The number of halogens is 1. The summed E-state index contributed by atoms with van der Waals surface area (Å²) in [6.07, 6.45) is 2.02. The number of rotatable bonds is 9. The van der Waals surface area contributed by atoms with Gasteiger partial charge in [0.15, 0.2) is 5.96 Å². The molecule has 0 spiro atoms. The summed E-state index contributed by atoms with van der Waals surface area (Å²) in [5.41, 5.74) is 2.28. The molecule has 1 atom stereocenters. The monoisotopic (exact) mass is 544 g/mol. The minimum Gasteiger partial charge on any atom is -0.357 e. The average Bonchev–Trinajstić information content (AvgIpc) is 2.71. The number of aryl methyl sites for hydroxylation is 1. The number of hydrogen-bond acceptors (Lipinski definition) is 3. The van der Waals surface area contributed by atoms with E-state index in [0.717, 1.165) is 30.9 Å². The maximum absolute atomic E-state index is 12.2. The van der Waals surface area contributed by atoms with Crippen molar-refractivity contribution in [2.75, 3.05) is 20.6 Å². The van der Waals surface area contributed by atoms with Crippen molar-refractivity contribution in [3.63, 3.8) is 0 Å². The van der Waals surface area contributed by atoms with Crippen molar-refractivity contribution < 1.29 is 8.42 Å². The average molecular weight is 545 g/mol. The van der Waals surface area contributed by atoms with Crippen molar-refractivity contribution >= 4 is 40.0 Å². The van der Waals surface area contributed by atoms with Gasteiger partial charge in [0.25, 0.3) is 0 Å². The second-order valence-corrected chi connectivity index (χ2v) is 9.35. The number of aliphatic imine (C=N–C) groups is 1. The number of nitrogens with zero attached hydrogens (tertiary/aromatic N) is 2. The molecule has 0 aliphatic rings. The summed E-state index contributed by atoms with van der Waals surface area (Å²) in [5, 5.41) is 6.71. The van der Waals surface area contributed by atoms with Gasteiger partial charge in [0.05, 0.1) is 11.4 Å². The van der Waals surface area contributed by atoms with Crippen LogP contribution in [0.15, 0.2) is 64.5 Å². The Bertz CT molecular complexity index is 885. The molecule has 0 saturated carbocycles. The zero-order chi connectivity index (χ0) is 21.3. The lowest BCUT2D eigenvalue weighted by atomic mass is 10.1. The lowest BCUT2D eigenvalue weighted by Crippen LogP contribution is -2.42. The maximum Gasteiger partial charge on any atom is 0.242 e. The van der Waals surface area contributed by atoms with Gasteiger partial charge in [-0.3, -0.25) is 0 Å². The first-order valence-electron chi connectivity index (χ1n) is 9.93. The van der Waals surface area contributed by atoms with Gasteiger partial charge in [-0.15, -0.1) is 24.0 Å². The number of benzene rings is 2. The van der Waals surface area contributed by atoms with Crippen molar-refractivity contribution in [3.8, 4) is 0 Å². The van der Waals surface area contributed by atoms with Crippen LogP contribution in [0.3, 0.4) is 0 Å². The molecule has 2 N–H and O–H groups in total. The van der Waals surface area contributed by atoms with Crippen molar-refractivity contribution in [1.29, 1.82) is 0 Å². The normalized spacial score (nSPS) is 12.9. The Morgan fingerprint density at radius 2 is 1.67 bits per heavy atom. The van der Waals surface area contributed by atoms with E-state index in [1.807, 2.05) is 25.1 Å². The second kappa shape index (κ2) is 12.9. The quantitative estimate of drug-likeness (QED) is 0.287. The minimum absolute atomic E-state index is 0. The molecule has 2 rings (SSSR count). The summed E-state index contributed by atoms with van der Waals surface area (Å²) in [6.45, 7) is 5.43. The van der Waals surface area contributed by atoms with Gasteiger partial charge in [-0.25, -0.2) is 17.7 Å². The largest absolute Gasteiger partial charge is 0.357 e. The molecular weight excluding hydrogens is 511 g/mol. The highest BCUT2D eigenvalue weighted by Gasteiger charge is 2.16. The first-order chi connectivity index (χ1) is 13.8. The van der Waals surface area contributed by atoms with Crippen LogP contribution < -0.4 is 10.6 Å². The summed E-state index contributed by atoms with van der Waals surface area (Å²) in [7, 11) is -0.349. The number of guanidine groups is 1. The Balaban J connectivity index is 0.00000450. The summed E-state index contributed by atoms with van der Waals surface area (Å²) in [5.74, 6) is 0.762. The Labute approximate surface area is 198 Å². The Kier molecular flexibility index (Phi) is 11.4. The highest BCUT2D eigenvalue weighted by molar-refractivity contribution is 14.0. The van der Waals surface area contributed by atoms with Crippen molar-refractivity contribution in [2.45, 2.75) is 44.2 Å². The molecule has 0 amide bonds. The molecule has 30 heavy (non-hydrogen) atoms. The smallest absolute Gasteiger partial charge is 0.242 e. The van der Waals surface area contributed by atoms with E-state index >= 15 is 0 Å². The standard InChI is InChI=1S/C22H32N4O2S.HI/c1-5-23-22(25-18(2)11-12-19-9-7-6-8-10-19)24-17-20-13-15-21(16-14-20)29(27,28)26(3)4;/h6-10,13-16,18H,5,11-12,17H2,1-4H3,(H2,23,24,25);1H. The van der Waals surface area contributed by atoms with Gasteiger partial charge in [-0.1, -0.05) is 42.5 Å². The lowest BCUT2D eigenvalue weighted by molar-refractivity contribution is 0.520. The van der Waals surface area contributed by atoms with Gasteiger partial charge in [-0.05, 0) is 49.9 Å². The molecule has 1 unspecified atom stereocenters. The highest BCUT2D eigenvalue weighted by atomic mass is 127. The van der Waals surface area contributed by atoms with Crippen LogP contribution in [0.2, 0.25) is 0 Å².